The smallest absolute Gasteiger partial charge is 0.412 e. The van der Waals surface area contributed by atoms with Gasteiger partial charge in [0.1, 0.15) is 22.1 Å². The zero-order valence-electron chi connectivity index (χ0n) is 12.6. The SMILES string of the molecule is COC(=O)Nc1cc(Oc2cnc3nc(Cl)n(C)c3c2Cl)ccn1. The van der Waals surface area contributed by atoms with Crippen LogP contribution in [0.25, 0.3) is 11.2 Å². The second-order valence-electron chi connectivity index (χ2n) is 4.64. The molecule has 8 nitrogen and oxygen atoms in total. The van der Waals surface area contributed by atoms with Crippen LogP contribution in [0.3, 0.4) is 0 Å². The van der Waals surface area contributed by atoms with Crippen LogP contribution in [0, 0.1) is 0 Å². The molecule has 0 spiro atoms. The van der Waals surface area contributed by atoms with Crippen LogP contribution in [0.1, 0.15) is 0 Å². The Morgan fingerprint density at radius 1 is 1.33 bits per heavy atom. The second kappa shape index (κ2) is 6.50. The fourth-order valence-electron chi connectivity index (χ4n) is 1.98. The van der Waals surface area contributed by atoms with Gasteiger partial charge in [-0.1, -0.05) is 11.6 Å². The highest BCUT2D eigenvalue weighted by Crippen LogP contribution is 2.35. The summed E-state index contributed by atoms with van der Waals surface area (Å²) < 4.78 is 11.8. The molecular formula is C14H11Cl2N5O3. The number of carbonyl (C=O) groups is 1. The molecule has 0 saturated heterocycles. The lowest BCUT2D eigenvalue weighted by Gasteiger charge is -2.09. The summed E-state index contributed by atoms with van der Waals surface area (Å²) >= 11 is 12.3. The Labute approximate surface area is 146 Å². The zero-order chi connectivity index (χ0) is 17.3. The van der Waals surface area contributed by atoms with Gasteiger partial charge in [0, 0.05) is 19.3 Å². The van der Waals surface area contributed by atoms with Crippen LogP contribution in [-0.4, -0.2) is 32.7 Å². The third kappa shape index (κ3) is 3.06. The highest BCUT2D eigenvalue weighted by molar-refractivity contribution is 6.37. The number of aromatic nitrogens is 4. The van der Waals surface area contributed by atoms with E-state index in [0.29, 0.717) is 27.7 Å². The van der Waals surface area contributed by atoms with Crippen LogP contribution in [0.5, 0.6) is 11.5 Å². The van der Waals surface area contributed by atoms with Crippen molar-refractivity contribution in [1.29, 1.82) is 0 Å². The maximum atomic E-state index is 11.2. The molecule has 0 bridgehead atoms. The molecule has 3 heterocycles. The number of anilines is 1. The highest BCUT2D eigenvalue weighted by atomic mass is 35.5. The molecule has 3 aromatic rings. The van der Waals surface area contributed by atoms with E-state index in [-0.39, 0.29) is 11.1 Å². The van der Waals surface area contributed by atoms with E-state index in [1.165, 1.54) is 25.6 Å². The van der Waals surface area contributed by atoms with Crippen LogP contribution in [0.2, 0.25) is 10.3 Å². The van der Waals surface area contributed by atoms with Gasteiger partial charge in [0.2, 0.25) is 5.28 Å². The lowest BCUT2D eigenvalue weighted by Crippen LogP contribution is -2.11. The number of nitrogens with zero attached hydrogens (tertiary/aromatic N) is 4. The van der Waals surface area contributed by atoms with Gasteiger partial charge in [-0.2, -0.15) is 4.98 Å². The van der Waals surface area contributed by atoms with Crippen LogP contribution in [0.15, 0.2) is 24.5 Å². The van der Waals surface area contributed by atoms with Gasteiger partial charge >= 0.3 is 6.09 Å². The number of imidazole rings is 1. The number of rotatable bonds is 3. The molecule has 10 heteroatoms. The van der Waals surface area contributed by atoms with Gasteiger partial charge in [-0.15, -0.1) is 0 Å². The van der Waals surface area contributed by atoms with Gasteiger partial charge < -0.3 is 14.0 Å². The number of ether oxygens (including phenoxy) is 2. The fourth-order valence-corrected chi connectivity index (χ4v) is 2.45. The molecule has 1 N–H and O–H groups in total. The largest absolute Gasteiger partial charge is 0.454 e. The third-order valence-electron chi connectivity index (χ3n) is 3.13. The molecule has 0 radical (unpaired) electrons. The predicted octanol–water partition coefficient (Wildman–Crippen LogP) is 3.64. The van der Waals surface area contributed by atoms with Gasteiger partial charge in [-0.05, 0) is 17.7 Å². The summed E-state index contributed by atoms with van der Waals surface area (Å²) in [4.78, 5) is 23.5. The Morgan fingerprint density at radius 3 is 2.88 bits per heavy atom. The van der Waals surface area contributed by atoms with Gasteiger partial charge in [-0.25, -0.2) is 14.8 Å². The van der Waals surface area contributed by atoms with Gasteiger partial charge in [0.15, 0.2) is 11.4 Å². The molecule has 0 unspecified atom stereocenters. The zero-order valence-corrected chi connectivity index (χ0v) is 14.1. The predicted molar refractivity (Wildman–Crippen MR) is 88.9 cm³/mol. The maximum absolute atomic E-state index is 11.2. The molecule has 0 aliphatic rings. The summed E-state index contributed by atoms with van der Waals surface area (Å²) in [5, 5.41) is 3.03. The quantitative estimate of drug-likeness (QED) is 0.759. The van der Waals surface area contributed by atoms with E-state index in [0.717, 1.165) is 0 Å². The summed E-state index contributed by atoms with van der Waals surface area (Å²) in [7, 11) is 2.98. The minimum absolute atomic E-state index is 0.269. The van der Waals surface area contributed by atoms with Gasteiger partial charge in [0.05, 0.1) is 13.3 Å². The summed E-state index contributed by atoms with van der Waals surface area (Å²) in [6.45, 7) is 0. The number of amides is 1. The summed E-state index contributed by atoms with van der Waals surface area (Å²) in [6, 6.07) is 3.13. The number of methoxy groups -OCH3 is 1. The standard InChI is InChI=1S/C14H11Cl2N5O3/c1-21-11-10(15)8(6-18-12(11)20-13(21)16)24-7-3-4-17-9(5-7)19-14(22)23-2/h3-6H,1-2H3,(H,17,19,22). The fraction of sp³-hybridized carbons (Fsp3) is 0.143. The van der Waals surface area contributed by atoms with Gasteiger partial charge in [0.25, 0.3) is 0 Å². The lowest BCUT2D eigenvalue weighted by atomic mass is 10.4. The number of carbonyl (C=O) groups excluding carboxylic acids is 1. The van der Waals surface area contributed by atoms with Crippen molar-refractivity contribution < 1.29 is 14.3 Å². The Hall–Kier alpha value is -2.58. The Kier molecular flexibility index (Phi) is 4.41. The van der Waals surface area contributed by atoms with Crippen molar-refractivity contribution >= 4 is 46.3 Å². The molecule has 0 saturated carbocycles. The number of aryl methyl sites for hydroxylation is 1. The number of hydrogen-bond acceptors (Lipinski definition) is 6. The number of hydrogen-bond donors (Lipinski definition) is 1. The van der Waals surface area contributed by atoms with Crippen molar-refractivity contribution in [3.05, 3.63) is 34.8 Å². The van der Waals surface area contributed by atoms with E-state index < -0.39 is 6.09 Å². The number of halogens is 2. The van der Waals surface area contributed by atoms with Crippen LogP contribution in [-0.2, 0) is 11.8 Å². The average Bonchev–Trinajstić information content (AvgIpc) is 2.86. The molecule has 3 aromatic heterocycles. The van der Waals surface area contributed by atoms with E-state index in [9.17, 15) is 4.79 Å². The first-order valence-electron chi connectivity index (χ1n) is 6.65. The first kappa shape index (κ1) is 16.3. The van der Waals surface area contributed by atoms with Crippen LogP contribution >= 0.6 is 23.2 Å². The van der Waals surface area contributed by atoms with Crippen molar-refractivity contribution in [3.8, 4) is 11.5 Å². The Balaban J connectivity index is 1.92. The Morgan fingerprint density at radius 2 is 2.12 bits per heavy atom. The minimum atomic E-state index is -0.634. The molecule has 1 amide bonds. The van der Waals surface area contributed by atoms with Gasteiger partial charge in [-0.3, -0.25) is 5.32 Å². The molecule has 0 aliphatic carbocycles. The first-order valence-corrected chi connectivity index (χ1v) is 7.40. The summed E-state index contributed by atoms with van der Waals surface area (Å²) in [5.74, 6) is 1.000. The van der Waals surface area contributed by atoms with E-state index in [2.05, 4.69) is 25.0 Å². The second-order valence-corrected chi connectivity index (χ2v) is 5.36. The molecule has 0 fully saturated rings. The van der Waals surface area contributed by atoms with Crippen molar-refractivity contribution in [2.24, 2.45) is 7.05 Å². The normalized spacial score (nSPS) is 10.7. The maximum Gasteiger partial charge on any atom is 0.412 e. The molecule has 0 aliphatic heterocycles. The first-order chi connectivity index (χ1) is 11.5. The summed E-state index contributed by atoms with van der Waals surface area (Å²) in [5.41, 5.74) is 0.976. The topological polar surface area (TPSA) is 91.2 Å². The molecular weight excluding hydrogens is 357 g/mol. The van der Waals surface area contributed by atoms with E-state index in [4.69, 9.17) is 27.9 Å². The molecule has 0 aromatic carbocycles. The summed E-state index contributed by atoms with van der Waals surface area (Å²) in [6.07, 6.45) is 2.29. The van der Waals surface area contributed by atoms with Crippen LogP contribution in [0.4, 0.5) is 10.6 Å². The van der Waals surface area contributed by atoms with E-state index in [1.807, 2.05) is 0 Å². The monoisotopic (exact) mass is 367 g/mol. The molecule has 124 valence electrons. The van der Waals surface area contributed by atoms with Crippen molar-refractivity contribution in [2.45, 2.75) is 0 Å². The molecule has 0 atom stereocenters. The van der Waals surface area contributed by atoms with E-state index >= 15 is 0 Å². The van der Waals surface area contributed by atoms with Crippen molar-refractivity contribution in [3.63, 3.8) is 0 Å². The lowest BCUT2D eigenvalue weighted by molar-refractivity contribution is 0.187. The minimum Gasteiger partial charge on any atom is -0.454 e. The average molecular weight is 368 g/mol. The molecule has 3 rings (SSSR count). The number of pyridine rings is 2. The van der Waals surface area contributed by atoms with Crippen molar-refractivity contribution in [2.75, 3.05) is 12.4 Å². The number of nitrogens with one attached hydrogen (secondary N) is 1. The molecule has 24 heavy (non-hydrogen) atoms. The highest BCUT2D eigenvalue weighted by Gasteiger charge is 2.16. The third-order valence-corrected chi connectivity index (χ3v) is 3.83. The number of fused-ring (bicyclic) bond motifs is 1. The van der Waals surface area contributed by atoms with Crippen molar-refractivity contribution in [1.82, 2.24) is 19.5 Å². The Bertz CT molecular complexity index is 928. The van der Waals surface area contributed by atoms with Crippen LogP contribution < -0.4 is 10.1 Å². The van der Waals surface area contributed by atoms with E-state index in [1.54, 1.807) is 17.7 Å².